The molecule has 1 aliphatic carbocycles. The van der Waals surface area contributed by atoms with Crippen LogP contribution in [0.4, 0.5) is 0 Å². The van der Waals surface area contributed by atoms with Crippen molar-refractivity contribution in [2.45, 2.75) is 70.8 Å². The fourth-order valence-electron chi connectivity index (χ4n) is 2.88. The maximum absolute atomic E-state index is 6.13. The Morgan fingerprint density at radius 3 is 2.65 bits per heavy atom. The molecule has 2 rings (SSSR count). The number of fused-ring (bicyclic) bond motifs is 1. The quantitative estimate of drug-likeness (QED) is 0.821. The maximum atomic E-state index is 6.13. The SMILES string of the molecule is CCCC(CCC)c1nc2c([nH]1)CCCC2N. The molecule has 1 aromatic heterocycles. The van der Waals surface area contributed by atoms with Gasteiger partial charge in [0, 0.05) is 17.7 Å². The number of hydrogen-bond acceptors (Lipinski definition) is 2. The van der Waals surface area contributed by atoms with Gasteiger partial charge in [-0.2, -0.15) is 0 Å². The second kappa shape index (κ2) is 5.67. The normalized spacial score (nSPS) is 19.6. The maximum Gasteiger partial charge on any atom is 0.109 e. The molecular weight excluding hydrogens is 210 g/mol. The molecule has 0 amide bonds. The average molecular weight is 235 g/mol. The molecule has 0 bridgehead atoms. The van der Waals surface area contributed by atoms with Crippen LogP contribution in [0.15, 0.2) is 0 Å². The summed E-state index contributed by atoms with van der Waals surface area (Å²) in [5.41, 5.74) is 8.57. The Balaban J connectivity index is 2.19. The Labute approximate surface area is 104 Å². The van der Waals surface area contributed by atoms with Crippen LogP contribution in [0.1, 0.15) is 81.5 Å². The van der Waals surface area contributed by atoms with Crippen molar-refractivity contribution in [2.24, 2.45) is 5.73 Å². The van der Waals surface area contributed by atoms with Gasteiger partial charge in [0.2, 0.25) is 0 Å². The topological polar surface area (TPSA) is 54.7 Å². The van der Waals surface area contributed by atoms with Gasteiger partial charge < -0.3 is 10.7 Å². The van der Waals surface area contributed by atoms with Crippen molar-refractivity contribution in [3.05, 3.63) is 17.2 Å². The van der Waals surface area contributed by atoms with Gasteiger partial charge in [-0.15, -0.1) is 0 Å². The van der Waals surface area contributed by atoms with Crippen molar-refractivity contribution in [1.82, 2.24) is 9.97 Å². The third kappa shape index (κ3) is 2.71. The highest BCUT2D eigenvalue weighted by molar-refractivity contribution is 5.22. The van der Waals surface area contributed by atoms with Crippen LogP contribution >= 0.6 is 0 Å². The van der Waals surface area contributed by atoms with Gasteiger partial charge in [-0.3, -0.25) is 0 Å². The van der Waals surface area contributed by atoms with Gasteiger partial charge in [0.15, 0.2) is 0 Å². The largest absolute Gasteiger partial charge is 0.345 e. The highest BCUT2D eigenvalue weighted by Crippen LogP contribution is 2.30. The summed E-state index contributed by atoms with van der Waals surface area (Å²) in [5, 5.41) is 0. The highest BCUT2D eigenvalue weighted by Gasteiger charge is 2.23. The molecule has 1 unspecified atom stereocenters. The molecule has 0 saturated heterocycles. The van der Waals surface area contributed by atoms with Crippen LogP contribution in [-0.2, 0) is 6.42 Å². The summed E-state index contributed by atoms with van der Waals surface area (Å²) in [5.74, 6) is 1.79. The Bertz CT molecular complexity index is 350. The summed E-state index contributed by atoms with van der Waals surface area (Å²) in [6.07, 6.45) is 8.32. The molecule has 0 radical (unpaired) electrons. The molecule has 3 nitrogen and oxygen atoms in total. The van der Waals surface area contributed by atoms with Crippen molar-refractivity contribution in [2.75, 3.05) is 0 Å². The van der Waals surface area contributed by atoms with E-state index in [-0.39, 0.29) is 6.04 Å². The number of nitrogens with two attached hydrogens (primary N) is 1. The number of aromatic nitrogens is 2. The number of rotatable bonds is 5. The Kier molecular flexibility index (Phi) is 4.21. The number of aryl methyl sites for hydroxylation is 1. The van der Waals surface area contributed by atoms with E-state index >= 15 is 0 Å². The molecule has 96 valence electrons. The Hall–Kier alpha value is -0.830. The monoisotopic (exact) mass is 235 g/mol. The number of imidazole rings is 1. The predicted octanol–water partition coefficient (Wildman–Crippen LogP) is 3.43. The van der Waals surface area contributed by atoms with E-state index in [0.29, 0.717) is 5.92 Å². The molecule has 0 saturated carbocycles. The van der Waals surface area contributed by atoms with Crippen molar-refractivity contribution >= 4 is 0 Å². The Morgan fingerprint density at radius 2 is 2.06 bits per heavy atom. The molecule has 1 aliphatic rings. The van der Waals surface area contributed by atoms with Gasteiger partial charge >= 0.3 is 0 Å². The molecule has 1 heterocycles. The minimum atomic E-state index is 0.160. The zero-order valence-electron chi connectivity index (χ0n) is 11.1. The number of nitrogens with zero attached hydrogens (tertiary/aromatic N) is 1. The smallest absolute Gasteiger partial charge is 0.109 e. The lowest BCUT2D eigenvalue weighted by molar-refractivity contribution is 0.535. The van der Waals surface area contributed by atoms with Gasteiger partial charge in [-0.05, 0) is 32.1 Å². The van der Waals surface area contributed by atoms with Crippen molar-refractivity contribution < 1.29 is 0 Å². The zero-order chi connectivity index (χ0) is 12.3. The summed E-state index contributed by atoms with van der Waals surface area (Å²) >= 11 is 0. The predicted molar refractivity (Wildman–Crippen MR) is 71.0 cm³/mol. The van der Waals surface area contributed by atoms with E-state index in [2.05, 4.69) is 18.8 Å². The molecule has 3 N–H and O–H groups in total. The molecule has 17 heavy (non-hydrogen) atoms. The molecule has 0 fully saturated rings. The zero-order valence-corrected chi connectivity index (χ0v) is 11.1. The molecule has 3 heteroatoms. The van der Waals surface area contributed by atoms with E-state index in [9.17, 15) is 0 Å². The lowest BCUT2D eigenvalue weighted by Crippen LogP contribution is -2.17. The molecule has 1 aromatic rings. The first-order valence-corrected chi connectivity index (χ1v) is 7.10. The number of nitrogens with one attached hydrogen (secondary N) is 1. The van der Waals surface area contributed by atoms with Crippen molar-refractivity contribution in [1.29, 1.82) is 0 Å². The van der Waals surface area contributed by atoms with Crippen LogP contribution in [0.5, 0.6) is 0 Å². The molecular formula is C14H25N3. The fraction of sp³-hybridized carbons (Fsp3) is 0.786. The standard InChI is InChI=1S/C14H25N3/c1-3-6-10(7-4-2)14-16-12-9-5-8-11(15)13(12)17-14/h10-11H,3-9,15H2,1-2H3,(H,16,17). The van der Waals surface area contributed by atoms with Gasteiger partial charge in [-0.25, -0.2) is 4.98 Å². The van der Waals surface area contributed by atoms with E-state index in [4.69, 9.17) is 10.7 Å². The molecule has 0 aromatic carbocycles. The molecule has 1 atom stereocenters. The number of H-pyrrole nitrogens is 1. The minimum Gasteiger partial charge on any atom is -0.345 e. The molecule has 0 aliphatic heterocycles. The third-order valence-corrected chi connectivity index (χ3v) is 3.78. The van der Waals surface area contributed by atoms with Crippen LogP contribution in [0, 0.1) is 0 Å². The van der Waals surface area contributed by atoms with E-state index in [1.54, 1.807) is 0 Å². The highest BCUT2D eigenvalue weighted by atomic mass is 15.0. The number of aromatic amines is 1. The summed E-state index contributed by atoms with van der Waals surface area (Å²) in [4.78, 5) is 8.33. The summed E-state index contributed by atoms with van der Waals surface area (Å²) < 4.78 is 0. The summed E-state index contributed by atoms with van der Waals surface area (Å²) in [6, 6.07) is 0.160. The van der Waals surface area contributed by atoms with Crippen LogP contribution in [0.2, 0.25) is 0 Å². The van der Waals surface area contributed by atoms with Crippen LogP contribution < -0.4 is 5.73 Å². The first kappa shape index (κ1) is 12.6. The van der Waals surface area contributed by atoms with Gasteiger partial charge in [-0.1, -0.05) is 26.7 Å². The summed E-state index contributed by atoms with van der Waals surface area (Å²) in [6.45, 7) is 4.49. The van der Waals surface area contributed by atoms with Crippen molar-refractivity contribution in [3.8, 4) is 0 Å². The van der Waals surface area contributed by atoms with Crippen LogP contribution in [0.3, 0.4) is 0 Å². The lowest BCUT2D eigenvalue weighted by atomic mass is 9.97. The van der Waals surface area contributed by atoms with Crippen molar-refractivity contribution in [3.63, 3.8) is 0 Å². The first-order valence-electron chi connectivity index (χ1n) is 7.10. The summed E-state index contributed by atoms with van der Waals surface area (Å²) in [7, 11) is 0. The van der Waals surface area contributed by atoms with Gasteiger partial charge in [0.25, 0.3) is 0 Å². The van der Waals surface area contributed by atoms with E-state index < -0.39 is 0 Å². The second-order valence-corrected chi connectivity index (χ2v) is 5.26. The van der Waals surface area contributed by atoms with Crippen LogP contribution in [0.25, 0.3) is 0 Å². The Morgan fingerprint density at radius 1 is 1.35 bits per heavy atom. The minimum absolute atomic E-state index is 0.160. The third-order valence-electron chi connectivity index (χ3n) is 3.78. The van der Waals surface area contributed by atoms with Gasteiger partial charge in [0.1, 0.15) is 5.82 Å². The van der Waals surface area contributed by atoms with E-state index in [0.717, 1.165) is 18.5 Å². The number of hydrogen-bond donors (Lipinski definition) is 2. The molecule has 0 spiro atoms. The van der Waals surface area contributed by atoms with Crippen LogP contribution in [-0.4, -0.2) is 9.97 Å². The van der Waals surface area contributed by atoms with E-state index in [1.165, 1.54) is 43.6 Å². The fourth-order valence-corrected chi connectivity index (χ4v) is 2.88. The van der Waals surface area contributed by atoms with Gasteiger partial charge in [0.05, 0.1) is 5.69 Å². The second-order valence-electron chi connectivity index (χ2n) is 5.26. The first-order chi connectivity index (χ1) is 8.26. The lowest BCUT2D eigenvalue weighted by Gasteiger charge is -2.15. The van der Waals surface area contributed by atoms with E-state index in [1.807, 2.05) is 0 Å². The average Bonchev–Trinajstić information content (AvgIpc) is 2.74.